The quantitative estimate of drug-likeness (QED) is 0.653. The molecule has 0 fully saturated rings. The van der Waals surface area contributed by atoms with Gasteiger partial charge in [-0.1, -0.05) is 30.3 Å². The van der Waals surface area contributed by atoms with Crippen molar-refractivity contribution < 1.29 is 5.11 Å². The van der Waals surface area contributed by atoms with Crippen molar-refractivity contribution in [2.75, 3.05) is 5.73 Å². The van der Waals surface area contributed by atoms with Crippen LogP contribution in [0.15, 0.2) is 47.4 Å². The molecule has 2 aromatic carbocycles. The first-order valence-corrected chi connectivity index (χ1v) is 6.85. The summed E-state index contributed by atoms with van der Waals surface area (Å²) in [6.07, 6.45) is 0. The lowest BCUT2D eigenvalue weighted by Gasteiger charge is -2.07. The number of aliphatic hydroxyl groups is 1. The smallest absolute Gasteiger partial charge is 0.0681 e. The number of hydrogen-bond donors (Lipinski definition) is 2. The van der Waals surface area contributed by atoms with Gasteiger partial charge in [0.25, 0.3) is 0 Å². The molecule has 0 aromatic heterocycles. The number of nitrogens with two attached hydrogens (primary N) is 1. The van der Waals surface area contributed by atoms with E-state index in [2.05, 4.69) is 19.1 Å². The fraction of sp³-hybridized carbons (Fsp3) is 0.200. The van der Waals surface area contributed by atoms with E-state index in [9.17, 15) is 0 Å². The third-order valence-corrected chi connectivity index (χ3v) is 4.04. The molecule has 2 nitrogen and oxygen atoms in total. The van der Waals surface area contributed by atoms with Gasteiger partial charge < -0.3 is 10.8 Å². The summed E-state index contributed by atoms with van der Waals surface area (Å²) in [7, 11) is 0. The molecule has 2 rings (SSSR count). The lowest BCUT2D eigenvalue weighted by Crippen LogP contribution is -1.89. The summed E-state index contributed by atoms with van der Waals surface area (Å²) in [6, 6.07) is 14.0. The van der Waals surface area contributed by atoms with Crippen molar-refractivity contribution in [3.63, 3.8) is 0 Å². The van der Waals surface area contributed by atoms with E-state index in [-0.39, 0.29) is 6.61 Å². The Morgan fingerprint density at radius 3 is 2.39 bits per heavy atom. The van der Waals surface area contributed by atoms with Crippen LogP contribution in [0.3, 0.4) is 0 Å². The zero-order valence-corrected chi connectivity index (χ0v) is 11.2. The molecule has 0 aliphatic carbocycles. The second-order valence-electron chi connectivity index (χ2n) is 4.29. The van der Waals surface area contributed by atoms with Crippen LogP contribution in [0.1, 0.15) is 16.7 Å². The highest BCUT2D eigenvalue weighted by atomic mass is 32.2. The number of aliphatic hydroxyl groups excluding tert-OH is 1. The SMILES string of the molecule is Cc1ccc(N)cc1SCc1ccc(CO)cc1. The highest BCUT2D eigenvalue weighted by Crippen LogP contribution is 2.27. The molecule has 0 heterocycles. The topological polar surface area (TPSA) is 46.2 Å². The van der Waals surface area contributed by atoms with Gasteiger partial charge in [-0.05, 0) is 35.7 Å². The van der Waals surface area contributed by atoms with E-state index in [4.69, 9.17) is 10.8 Å². The minimum Gasteiger partial charge on any atom is -0.399 e. The van der Waals surface area contributed by atoms with Crippen LogP contribution in [-0.2, 0) is 12.4 Å². The number of hydrogen-bond acceptors (Lipinski definition) is 3. The predicted molar refractivity (Wildman–Crippen MR) is 77.5 cm³/mol. The molecule has 3 heteroatoms. The van der Waals surface area contributed by atoms with Crippen LogP contribution in [-0.4, -0.2) is 5.11 Å². The van der Waals surface area contributed by atoms with Crippen molar-refractivity contribution in [3.8, 4) is 0 Å². The third kappa shape index (κ3) is 3.28. The highest BCUT2D eigenvalue weighted by molar-refractivity contribution is 7.98. The minimum atomic E-state index is 0.0990. The first-order valence-electron chi connectivity index (χ1n) is 5.86. The number of aryl methyl sites for hydroxylation is 1. The molecule has 0 saturated heterocycles. The van der Waals surface area contributed by atoms with Crippen molar-refractivity contribution in [3.05, 3.63) is 59.2 Å². The molecule has 0 saturated carbocycles. The van der Waals surface area contributed by atoms with Gasteiger partial charge in [0.1, 0.15) is 0 Å². The van der Waals surface area contributed by atoms with Gasteiger partial charge in [0.05, 0.1) is 6.61 Å². The average Bonchev–Trinajstić information content (AvgIpc) is 2.40. The Morgan fingerprint density at radius 1 is 1.06 bits per heavy atom. The average molecular weight is 259 g/mol. The van der Waals surface area contributed by atoms with Gasteiger partial charge in [0.2, 0.25) is 0 Å². The van der Waals surface area contributed by atoms with Crippen LogP contribution in [0.5, 0.6) is 0 Å². The van der Waals surface area contributed by atoms with Gasteiger partial charge in [-0.15, -0.1) is 11.8 Å². The first-order chi connectivity index (χ1) is 8.69. The van der Waals surface area contributed by atoms with Gasteiger partial charge in [-0.2, -0.15) is 0 Å². The Balaban J connectivity index is 2.04. The van der Waals surface area contributed by atoms with Gasteiger partial charge in [0.15, 0.2) is 0 Å². The number of nitrogen functional groups attached to an aromatic ring is 1. The molecule has 94 valence electrons. The molecule has 0 amide bonds. The normalized spacial score (nSPS) is 10.6. The zero-order chi connectivity index (χ0) is 13.0. The maximum Gasteiger partial charge on any atom is 0.0681 e. The molecule has 0 unspecified atom stereocenters. The van der Waals surface area contributed by atoms with Crippen LogP contribution in [0.2, 0.25) is 0 Å². The number of benzene rings is 2. The van der Waals surface area contributed by atoms with Crippen molar-refractivity contribution in [2.45, 2.75) is 24.2 Å². The lowest BCUT2D eigenvalue weighted by atomic mass is 10.2. The molecule has 3 N–H and O–H groups in total. The Labute approximate surface area is 112 Å². The van der Waals surface area contributed by atoms with Crippen LogP contribution >= 0.6 is 11.8 Å². The van der Waals surface area contributed by atoms with Crippen molar-refractivity contribution in [2.24, 2.45) is 0 Å². The van der Waals surface area contributed by atoms with E-state index in [1.54, 1.807) is 11.8 Å². The highest BCUT2D eigenvalue weighted by Gasteiger charge is 2.01. The van der Waals surface area contributed by atoms with Crippen LogP contribution in [0, 0.1) is 6.92 Å². The number of thioether (sulfide) groups is 1. The summed E-state index contributed by atoms with van der Waals surface area (Å²) < 4.78 is 0. The fourth-order valence-electron chi connectivity index (χ4n) is 1.67. The Morgan fingerprint density at radius 2 is 1.72 bits per heavy atom. The molecule has 0 atom stereocenters. The van der Waals surface area contributed by atoms with E-state index < -0.39 is 0 Å². The molecule has 18 heavy (non-hydrogen) atoms. The zero-order valence-electron chi connectivity index (χ0n) is 10.4. The monoisotopic (exact) mass is 259 g/mol. The maximum absolute atomic E-state index is 8.98. The largest absolute Gasteiger partial charge is 0.399 e. The summed E-state index contributed by atoms with van der Waals surface area (Å²) in [4.78, 5) is 1.22. The van der Waals surface area contributed by atoms with Gasteiger partial charge in [0, 0.05) is 16.3 Å². The van der Waals surface area contributed by atoms with E-state index in [1.807, 2.05) is 30.3 Å². The fourth-order valence-corrected chi connectivity index (χ4v) is 2.70. The van der Waals surface area contributed by atoms with Crippen LogP contribution in [0.25, 0.3) is 0 Å². The molecule has 2 aromatic rings. The Hall–Kier alpha value is -1.45. The minimum absolute atomic E-state index is 0.0990. The second kappa shape index (κ2) is 5.94. The summed E-state index contributed by atoms with van der Waals surface area (Å²) in [5, 5.41) is 8.98. The van der Waals surface area contributed by atoms with Crippen molar-refractivity contribution in [1.29, 1.82) is 0 Å². The third-order valence-electron chi connectivity index (χ3n) is 2.81. The lowest BCUT2D eigenvalue weighted by molar-refractivity contribution is 0.282. The first kappa shape index (κ1) is 13.0. The maximum atomic E-state index is 8.98. The van der Waals surface area contributed by atoms with Crippen molar-refractivity contribution >= 4 is 17.4 Å². The summed E-state index contributed by atoms with van der Waals surface area (Å²) >= 11 is 1.79. The molecular formula is C15H17NOS. The van der Waals surface area contributed by atoms with Crippen LogP contribution < -0.4 is 5.73 Å². The van der Waals surface area contributed by atoms with E-state index in [0.717, 1.165) is 17.0 Å². The van der Waals surface area contributed by atoms with Gasteiger partial charge >= 0.3 is 0 Å². The number of rotatable bonds is 4. The molecule has 0 bridgehead atoms. The van der Waals surface area contributed by atoms with Gasteiger partial charge in [-0.3, -0.25) is 0 Å². The van der Waals surface area contributed by atoms with Crippen LogP contribution in [0.4, 0.5) is 5.69 Å². The standard InChI is InChI=1S/C15H17NOS/c1-11-2-7-14(16)8-15(11)18-10-13-5-3-12(9-17)4-6-13/h2-8,17H,9-10,16H2,1H3. The molecule has 0 spiro atoms. The molecular weight excluding hydrogens is 242 g/mol. The summed E-state index contributed by atoms with van der Waals surface area (Å²) in [5.41, 5.74) is 10.0. The van der Waals surface area contributed by atoms with E-state index >= 15 is 0 Å². The number of anilines is 1. The van der Waals surface area contributed by atoms with Crippen molar-refractivity contribution in [1.82, 2.24) is 0 Å². The summed E-state index contributed by atoms with van der Waals surface area (Å²) in [5.74, 6) is 0.913. The molecule has 0 radical (unpaired) electrons. The summed E-state index contributed by atoms with van der Waals surface area (Å²) in [6.45, 7) is 2.19. The molecule has 0 aliphatic rings. The Kier molecular flexibility index (Phi) is 4.28. The van der Waals surface area contributed by atoms with E-state index in [0.29, 0.717) is 0 Å². The van der Waals surface area contributed by atoms with E-state index in [1.165, 1.54) is 16.0 Å². The second-order valence-corrected chi connectivity index (χ2v) is 5.31. The Bertz CT molecular complexity index is 523. The van der Waals surface area contributed by atoms with Gasteiger partial charge in [-0.25, -0.2) is 0 Å². The predicted octanol–water partition coefficient (Wildman–Crippen LogP) is 3.36. The molecule has 0 aliphatic heterocycles.